The Hall–Kier alpha value is 0.400. The third kappa shape index (κ3) is 3.05. The molecule has 3 aliphatic rings. The summed E-state index contributed by atoms with van der Waals surface area (Å²) >= 11 is 3.73. The molecule has 0 spiro atoms. The van der Waals surface area contributed by atoms with Crippen molar-refractivity contribution in [2.75, 3.05) is 44.6 Å². The highest BCUT2D eigenvalue weighted by molar-refractivity contribution is 9.09. The molecule has 0 N–H and O–H groups in total. The number of halogens is 1. The second kappa shape index (κ2) is 5.18. The molecule has 0 amide bonds. The Morgan fingerprint density at radius 3 is 2.12 bits per heavy atom. The van der Waals surface area contributed by atoms with Crippen LogP contribution in [0.2, 0.25) is 0 Å². The molecule has 0 bridgehead atoms. The minimum Gasteiger partial charge on any atom is -0.301 e. The normalized spacial score (nSPS) is 30.2. The highest BCUT2D eigenvalue weighted by Crippen LogP contribution is 2.43. The summed E-state index contributed by atoms with van der Waals surface area (Å²) in [6, 6.07) is 0. The lowest BCUT2D eigenvalue weighted by Crippen LogP contribution is -2.52. The van der Waals surface area contributed by atoms with Crippen LogP contribution in [-0.2, 0) is 0 Å². The summed E-state index contributed by atoms with van der Waals surface area (Å²) in [6.07, 6.45) is 7.33. The van der Waals surface area contributed by atoms with Crippen LogP contribution in [0.25, 0.3) is 0 Å². The van der Waals surface area contributed by atoms with E-state index in [9.17, 15) is 0 Å². The molecule has 1 saturated heterocycles. The molecule has 1 aliphatic heterocycles. The van der Waals surface area contributed by atoms with Gasteiger partial charge in [-0.3, -0.25) is 0 Å². The van der Waals surface area contributed by atoms with Crippen LogP contribution in [0.5, 0.6) is 0 Å². The van der Waals surface area contributed by atoms with E-state index >= 15 is 0 Å². The summed E-state index contributed by atoms with van der Waals surface area (Å²) in [6.45, 7) is 7.97. The zero-order chi connectivity index (χ0) is 11.7. The number of rotatable bonds is 5. The SMILES string of the molecule is BrCC1(CN2CCN(CC3CC3)CC2)CCC1. The van der Waals surface area contributed by atoms with Gasteiger partial charge in [-0.15, -0.1) is 0 Å². The van der Waals surface area contributed by atoms with Gasteiger partial charge in [0.15, 0.2) is 0 Å². The first kappa shape index (κ1) is 12.4. The molecule has 0 atom stereocenters. The van der Waals surface area contributed by atoms with Crippen LogP contribution < -0.4 is 0 Å². The van der Waals surface area contributed by atoms with Crippen molar-refractivity contribution in [3.8, 4) is 0 Å². The van der Waals surface area contributed by atoms with Gasteiger partial charge in [0.2, 0.25) is 0 Å². The second-order valence-corrected chi connectivity index (χ2v) is 7.07. The molecule has 0 unspecified atom stereocenters. The maximum atomic E-state index is 3.73. The predicted octanol–water partition coefficient (Wildman–Crippen LogP) is 2.58. The number of hydrogen-bond donors (Lipinski definition) is 0. The molecule has 2 nitrogen and oxygen atoms in total. The van der Waals surface area contributed by atoms with Crippen LogP contribution in [0.4, 0.5) is 0 Å². The Bertz CT molecular complexity index is 247. The third-order valence-electron chi connectivity index (χ3n) is 4.93. The second-order valence-electron chi connectivity index (χ2n) is 6.51. The lowest BCUT2D eigenvalue weighted by molar-refractivity contribution is 0.0532. The Morgan fingerprint density at radius 2 is 1.65 bits per heavy atom. The van der Waals surface area contributed by atoms with Gasteiger partial charge in [0.1, 0.15) is 0 Å². The first-order valence-corrected chi connectivity index (χ1v) is 8.43. The van der Waals surface area contributed by atoms with Crippen LogP contribution in [0.1, 0.15) is 32.1 Å². The van der Waals surface area contributed by atoms with Gasteiger partial charge < -0.3 is 9.80 Å². The number of hydrogen-bond acceptors (Lipinski definition) is 2. The van der Waals surface area contributed by atoms with E-state index in [0.29, 0.717) is 5.41 Å². The number of nitrogens with zero attached hydrogens (tertiary/aromatic N) is 2. The zero-order valence-electron chi connectivity index (χ0n) is 10.8. The van der Waals surface area contributed by atoms with Crippen molar-refractivity contribution in [1.29, 1.82) is 0 Å². The summed E-state index contributed by atoms with van der Waals surface area (Å²) in [5, 5.41) is 1.21. The van der Waals surface area contributed by atoms with E-state index in [2.05, 4.69) is 25.7 Å². The lowest BCUT2D eigenvalue weighted by atomic mass is 9.70. The first-order valence-electron chi connectivity index (χ1n) is 7.30. The van der Waals surface area contributed by atoms with Crippen molar-refractivity contribution in [3.63, 3.8) is 0 Å². The Morgan fingerprint density at radius 1 is 1.00 bits per heavy atom. The van der Waals surface area contributed by atoms with E-state index in [0.717, 1.165) is 5.92 Å². The van der Waals surface area contributed by atoms with Crippen LogP contribution in [-0.4, -0.2) is 54.4 Å². The van der Waals surface area contributed by atoms with Crippen LogP contribution >= 0.6 is 15.9 Å². The van der Waals surface area contributed by atoms with E-state index in [1.807, 2.05) is 0 Å². The number of piperazine rings is 1. The molecule has 2 aliphatic carbocycles. The quantitative estimate of drug-likeness (QED) is 0.720. The Balaban J connectivity index is 1.41. The highest BCUT2D eigenvalue weighted by atomic mass is 79.9. The number of alkyl halides is 1. The smallest absolute Gasteiger partial charge is 0.0110 e. The van der Waals surface area contributed by atoms with E-state index in [-0.39, 0.29) is 0 Å². The van der Waals surface area contributed by atoms with Gasteiger partial charge in [-0.1, -0.05) is 22.4 Å². The topological polar surface area (TPSA) is 6.48 Å². The summed E-state index contributed by atoms with van der Waals surface area (Å²) < 4.78 is 0. The minimum absolute atomic E-state index is 0.638. The minimum atomic E-state index is 0.638. The van der Waals surface area contributed by atoms with Crippen LogP contribution in [0.3, 0.4) is 0 Å². The third-order valence-corrected chi connectivity index (χ3v) is 6.12. The van der Waals surface area contributed by atoms with Gasteiger partial charge in [0.25, 0.3) is 0 Å². The van der Waals surface area contributed by atoms with E-state index in [1.165, 1.54) is 76.7 Å². The summed E-state index contributed by atoms with van der Waals surface area (Å²) in [7, 11) is 0. The van der Waals surface area contributed by atoms with Crippen molar-refractivity contribution < 1.29 is 0 Å². The maximum Gasteiger partial charge on any atom is 0.0110 e. The molecule has 3 heteroatoms. The Kier molecular flexibility index (Phi) is 3.79. The Labute approximate surface area is 114 Å². The fourth-order valence-electron chi connectivity index (χ4n) is 3.28. The molecule has 0 aromatic heterocycles. The van der Waals surface area contributed by atoms with Crippen LogP contribution in [0, 0.1) is 11.3 Å². The summed E-state index contributed by atoms with van der Waals surface area (Å²) in [5.41, 5.74) is 0.638. The predicted molar refractivity (Wildman–Crippen MR) is 75.7 cm³/mol. The standard InChI is InChI=1S/C14H25BrN2/c15-11-14(4-1-5-14)12-17-8-6-16(7-9-17)10-13-2-3-13/h13H,1-12H2. The molecule has 0 radical (unpaired) electrons. The summed E-state index contributed by atoms with van der Waals surface area (Å²) in [5.74, 6) is 1.06. The van der Waals surface area contributed by atoms with Crippen molar-refractivity contribution in [2.24, 2.45) is 11.3 Å². The van der Waals surface area contributed by atoms with Crippen molar-refractivity contribution in [3.05, 3.63) is 0 Å². The fourth-order valence-corrected chi connectivity index (χ4v) is 4.02. The monoisotopic (exact) mass is 300 g/mol. The first-order chi connectivity index (χ1) is 8.30. The molecule has 2 saturated carbocycles. The van der Waals surface area contributed by atoms with E-state index in [1.54, 1.807) is 0 Å². The zero-order valence-corrected chi connectivity index (χ0v) is 12.4. The molecule has 3 fully saturated rings. The van der Waals surface area contributed by atoms with Gasteiger partial charge in [0, 0.05) is 44.6 Å². The van der Waals surface area contributed by atoms with Gasteiger partial charge in [-0.25, -0.2) is 0 Å². The van der Waals surface area contributed by atoms with E-state index in [4.69, 9.17) is 0 Å². The van der Waals surface area contributed by atoms with Gasteiger partial charge in [-0.05, 0) is 37.0 Å². The molecule has 17 heavy (non-hydrogen) atoms. The average molecular weight is 301 g/mol. The van der Waals surface area contributed by atoms with Gasteiger partial charge >= 0.3 is 0 Å². The van der Waals surface area contributed by atoms with Crippen LogP contribution in [0.15, 0.2) is 0 Å². The average Bonchev–Trinajstić information content (AvgIpc) is 3.10. The maximum absolute atomic E-state index is 3.73. The molecule has 0 aromatic carbocycles. The molecule has 1 heterocycles. The molecular formula is C14H25BrN2. The molecular weight excluding hydrogens is 276 g/mol. The van der Waals surface area contributed by atoms with E-state index < -0.39 is 0 Å². The highest BCUT2D eigenvalue weighted by Gasteiger charge is 2.38. The van der Waals surface area contributed by atoms with Crippen molar-refractivity contribution >= 4 is 15.9 Å². The van der Waals surface area contributed by atoms with Gasteiger partial charge in [0.05, 0.1) is 0 Å². The fraction of sp³-hybridized carbons (Fsp3) is 1.00. The molecule has 0 aromatic rings. The lowest BCUT2D eigenvalue weighted by Gasteiger charge is -2.46. The summed E-state index contributed by atoms with van der Waals surface area (Å²) in [4.78, 5) is 5.40. The molecule has 3 rings (SSSR count). The molecule has 98 valence electrons. The van der Waals surface area contributed by atoms with Crippen molar-refractivity contribution in [1.82, 2.24) is 9.80 Å². The van der Waals surface area contributed by atoms with Gasteiger partial charge in [-0.2, -0.15) is 0 Å². The largest absolute Gasteiger partial charge is 0.301 e. The van der Waals surface area contributed by atoms with Crippen molar-refractivity contribution in [2.45, 2.75) is 32.1 Å².